The zero-order valence-electron chi connectivity index (χ0n) is 45.0. The van der Waals surface area contributed by atoms with Gasteiger partial charge in [-0.05, 0) is 92.9 Å². The van der Waals surface area contributed by atoms with Crippen molar-refractivity contribution in [3.63, 3.8) is 0 Å². The number of ether oxygens (including phenoxy) is 3. The highest BCUT2D eigenvalue weighted by Gasteiger charge is 2.45. The first-order valence-corrected chi connectivity index (χ1v) is 28.5. The van der Waals surface area contributed by atoms with Crippen LogP contribution < -0.4 is 30.3 Å². The van der Waals surface area contributed by atoms with Gasteiger partial charge in [-0.25, -0.2) is 9.97 Å². The zero-order chi connectivity index (χ0) is 54.2. The van der Waals surface area contributed by atoms with E-state index >= 15 is 0 Å². The van der Waals surface area contributed by atoms with E-state index in [0.29, 0.717) is 53.8 Å². The van der Waals surface area contributed by atoms with Gasteiger partial charge >= 0.3 is 0 Å². The Kier molecular flexibility index (Phi) is 15.6. The lowest BCUT2D eigenvalue weighted by atomic mass is 9.91. The number of phenolic OH excluding ortho intramolecular Hbond substituents is 1. The normalized spacial score (nSPS) is 25.0. The number of thiazole rings is 1. The third kappa shape index (κ3) is 11.4. The minimum atomic E-state index is -0.832. The van der Waals surface area contributed by atoms with Crippen molar-refractivity contribution in [2.24, 2.45) is 5.92 Å². The summed E-state index contributed by atoms with van der Waals surface area (Å²) in [5, 5.41) is 37.0. The molecule has 4 saturated heterocycles. The highest BCUT2D eigenvalue weighted by molar-refractivity contribution is 7.13. The second kappa shape index (κ2) is 22.8. The number of pyridine rings is 1. The average Bonchev–Trinajstić information content (AvgIpc) is 4.31. The number of nitrogens with zero attached hydrogens (tertiary/aromatic N) is 9. The molecule has 4 aliphatic heterocycles. The smallest absolute Gasteiger partial charge is 0.254 e. The number of fused-ring (bicyclic) bond motifs is 2. The van der Waals surface area contributed by atoms with E-state index in [1.165, 1.54) is 4.90 Å². The predicted octanol–water partition coefficient (Wildman–Crippen LogP) is 7.54. The van der Waals surface area contributed by atoms with E-state index in [-0.39, 0.29) is 72.9 Å². The number of hydrogen-bond donors (Lipinski definition) is 4. The molecular formula is C58H71N11O8S. The summed E-state index contributed by atoms with van der Waals surface area (Å²) in [6, 6.07) is 22.7. The number of carbonyl (C=O) groups is 2. The SMILES string of the molecule is Cc1ncsc1-c1ccc([C@H](C)NC(=O)[C@@H]2C[C@@H](O)CN2C(=O)[C@@H](c2cc(OCCN3CC[C@H](OC4CC(Oc5cc(N6C7CC[C@@H]6CN(c6cc(-c8ccccc8O)nnc6N)C7)ccn5)C4)C[C@H]3C)no2)C(C)C)cc1. The average molecular weight is 1080 g/mol. The van der Waals surface area contributed by atoms with E-state index in [0.717, 1.165) is 91.2 Å². The minimum Gasteiger partial charge on any atom is -0.507 e. The summed E-state index contributed by atoms with van der Waals surface area (Å²) < 4.78 is 24.9. The largest absolute Gasteiger partial charge is 0.507 e. The quantitative estimate of drug-likeness (QED) is 0.0651. The lowest BCUT2D eigenvalue weighted by molar-refractivity contribution is -0.141. The van der Waals surface area contributed by atoms with E-state index in [9.17, 15) is 19.8 Å². The van der Waals surface area contributed by atoms with Crippen LogP contribution in [0.25, 0.3) is 21.7 Å². The number of para-hydroxylation sites is 1. The van der Waals surface area contributed by atoms with Crippen molar-refractivity contribution in [1.82, 2.24) is 40.4 Å². The monoisotopic (exact) mass is 1080 g/mol. The van der Waals surface area contributed by atoms with Crippen LogP contribution in [0, 0.1) is 12.8 Å². The molecule has 11 rings (SSSR count). The summed E-state index contributed by atoms with van der Waals surface area (Å²) >= 11 is 1.59. The molecule has 5 N–H and O–H groups in total. The second-order valence-electron chi connectivity index (χ2n) is 22.2. The summed E-state index contributed by atoms with van der Waals surface area (Å²) in [4.78, 5) is 46.8. The Hall–Kier alpha value is -6.87. The van der Waals surface area contributed by atoms with E-state index in [1.54, 1.807) is 29.5 Å². The van der Waals surface area contributed by atoms with Gasteiger partial charge in [0, 0.05) is 99.7 Å². The number of likely N-dealkylation sites (tertiary alicyclic amines) is 2. The van der Waals surface area contributed by atoms with Gasteiger partial charge in [0.15, 0.2) is 11.6 Å². The predicted molar refractivity (Wildman–Crippen MR) is 296 cm³/mol. The van der Waals surface area contributed by atoms with Crippen molar-refractivity contribution in [2.75, 3.05) is 54.9 Å². The van der Waals surface area contributed by atoms with Crippen LogP contribution >= 0.6 is 11.3 Å². The summed E-state index contributed by atoms with van der Waals surface area (Å²) in [5.74, 6) is 0.322. The Labute approximate surface area is 459 Å². The number of aromatic nitrogens is 5. The standard InChI is InChI=1S/C58H71N11O8S/c1-33(2)54(58(73)68-31-42(70)24-49(68)57(72)62-35(4)37-10-12-38(13-11-37)55-36(5)61-32-78-55)51-28-53(65-77-51)74-21-20-66-19-17-43(22-34(66)3)75-44-25-45(26-44)76-52-23-39(16-18-60-52)69-40-14-15-41(69)30-67(29-40)48-27-47(63-64-56(48)59)46-8-6-7-9-50(46)71/h6-13,16,18,23,27-28,32-35,40-45,49,54,70-71H,14-15,17,19-22,24-26,29-31H2,1-5H3,(H2,59,64)(H,62,72)/t34-,35+,40-,41?,42-,43+,44?,45?,49+,54-/m1/s1. The van der Waals surface area contributed by atoms with Crippen LogP contribution in [-0.2, 0) is 14.3 Å². The topological polar surface area (TPSA) is 231 Å². The molecule has 8 atom stereocenters. The van der Waals surface area contributed by atoms with Crippen molar-refractivity contribution < 1.29 is 38.5 Å². The molecule has 6 aromatic rings. The summed E-state index contributed by atoms with van der Waals surface area (Å²) in [6.45, 7) is 13.6. The van der Waals surface area contributed by atoms with Crippen molar-refractivity contribution in [2.45, 2.75) is 140 Å². The number of piperidine rings is 1. The van der Waals surface area contributed by atoms with Gasteiger partial charge in [-0.3, -0.25) is 14.5 Å². The number of anilines is 3. The number of aryl methyl sites for hydroxylation is 1. The van der Waals surface area contributed by atoms with Crippen LogP contribution in [0.4, 0.5) is 17.2 Å². The van der Waals surface area contributed by atoms with Crippen LogP contribution in [0.3, 0.4) is 0 Å². The maximum absolute atomic E-state index is 14.3. The van der Waals surface area contributed by atoms with Crippen molar-refractivity contribution in [3.8, 4) is 39.2 Å². The molecule has 5 aliphatic rings. The van der Waals surface area contributed by atoms with Crippen LogP contribution in [0.15, 0.2) is 89.0 Å². The number of nitrogens with one attached hydrogen (secondary N) is 1. The fraction of sp³-hybridized carbons (Fsp3) is 0.500. The van der Waals surface area contributed by atoms with Gasteiger partial charge in [0.1, 0.15) is 30.4 Å². The lowest BCUT2D eigenvalue weighted by Gasteiger charge is -2.43. The number of carbonyl (C=O) groups excluding carboxylic acids is 2. The molecule has 1 saturated carbocycles. The molecule has 1 unspecified atom stereocenters. The van der Waals surface area contributed by atoms with E-state index in [2.05, 4.69) is 64.4 Å². The third-order valence-corrected chi connectivity index (χ3v) is 17.5. The number of piperazine rings is 1. The Morgan fingerprint density at radius 1 is 0.897 bits per heavy atom. The number of nitrogen functional groups attached to an aromatic ring is 1. The molecule has 20 heteroatoms. The van der Waals surface area contributed by atoms with E-state index < -0.39 is 18.1 Å². The van der Waals surface area contributed by atoms with Gasteiger partial charge in [0.2, 0.25) is 17.7 Å². The Balaban J connectivity index is 0.610. The van der Waals surface area contributed by atoms with Crippen LogP contribution in [0.5, 0.6) is 17.5 Å². The van der Waals surface area contributed by atoms with Crippen molar-refractivity contribution in [3.05, 3.63) is 102 Å². The molecule has 2 amide bonds. The molecule has 4 aromatic heterocycles. The first-order valence-electron chi connectivity index (χ1n) is 27.6. The molecule has 19 nitrogen and oxygen atoms in total. The van der Waals surface area contributed by atoms with Gasteiger partial charge in [0.25, 0.3) is 5.88 Å². The molecule has 0 spiro atoms. The highest BCUT2D eigenvalue weighted by atomic mass is 32.1. The van der Waals surface area contributed by atoms with E-state index in [4.69, 9.17) is 24.5 Å². The number of aliphatic hydroxyl groups excluding tert-OH is 1. The molecule has 412 valence electrons. The lowest BCUT2D eigenvalue weighted by Crippen LogP contribution is -2.54. The van der Waals surface area contributed by atoms with Gasteiger partial charge in [0.05, 0.1) is 51.8 Å². The maximum Gasteiger partial charge on any atom is 0.254 e. The number of aromatic hydroxyl groups is 1. The highest BCUT2D eigenvalue weighted by Crippen LogP contribution is 2.41. The Morgan fingerprint density at radius 2 is 1.68 bits per heavy atom. The van der Waals surface area contributed by atoms with Crippen molar-refractivity contribution in [1.29, 1.82) is 0 Å². The minimum absolute atomic E-state index is 0.0488. The second-order valence-corrected chi connectivity index (χ2v) is 23.1. The number of rotatable bonds is 18. The van der Waals surface area contributed by atoms with Gasteiger partial charge in [-0.1, -0.05) is 50.2 Å². The molecule has 2 aromatic carbocycles. The fourth-order valence-corrected chi connectivity index (χ4v) is 13.1. The number of amides is 2. The summed E-state index contributed by atoms with van der Waals surface area (Å²) in [5.41, 5.74) is 14.4. The van der Waals surface area contributed by atoms with Gasteiger partial charge in [-0.15, -0.1) is 21.5 Å². The van der Waals surface area contributed by atoms with Gasteiger partial charge in [-0.2, -0.15) is 0 Å². The number of nitrogens with two attached hydrogens (primary N) is 1. The Bertz CT molecular complexity index is 3050. The Morgan fingerprint density at radius 3 is 2.41 bits per heavy atom. The van der Waals surface area contributed by atoms with Crippen molar-refractivity contribution >= 4 is 40.3 Å². The number of aliphatic hydroxyl groups is 1. The number of β-amino-alcohol motifs (C(OH)–C–C–N with tert-alkyl or cyclic N) is 1. The number of benzene rings is 2. The molecular weight excluding hydrogens is 1010 g/mol. The number of hydrogen-bond acceptors (Lipinski definition) is 18. The molecule has 0 radical (unpaired) electrons. The summed E-state index contributed by atoms with van der Waals surface area (Å²) in [7, 11) is 0. The molecule has 2 bridgehead atoms. The molecule has 5 fully saturated rings. The first kappa shape index (κ1) is 53.1. The fourth-order valence-electron chi connectivity index (χ4n) is 12.3. The van der Waals surface area contributed by atoms with Crippen LogP contribution in [0.2, 0.25) is 0 Å². The summed E-state index contributed by atoms with van der Waals surface area (Å²) in [6.07, 6.45) is 7.14. The maximum atomic E-state index is 14.3. The number of phenols is 1. The first-order chi connectivity index (χ1) is 37.7. The van der Waals surface area contributed by atoms with Crippen LogP contribution in [0.1, 0.15) is 102 Å². The van der Waals surface area contributed by atoms with E-state index in [1.807, 2.05) is 81.9 Å². The molecule has 1 aliphatic carbocycles. The molecule has 78 heavy (non-hydrogen) atoms. The van der Waals surface area contributed by atoms with Crippen LogP contribution in [-0.4, -0.2) is 145 Å². The molecule has 8 heterocycles. The zero-order valence-corrected chi connectivity index (χ0v) is 45.8. The third-order valence-electron chi connectivity index (χ3n) is 16.5. The van der Waals surface area contributed by atoms with Gasteiger partial charge < -0.3 is 54.7 Å².